The van der Waals surface area contributed by atoms with Gasteiger partial charge in [-0.2, -0.15) is 0 Å². The Bertz CT molecular complexity index is 1100. The van der Waals surface area contributed by atoms with Crippen LogP contribution in [-0.4, -0.2) is 11.8 Å². The van der Waals surface area contributed by atoms with E-state index in [0.29, 0.717) is 32.5 Å². The zero-order valence-electron chi connectivity index (χ0n) is 17.5. The maximum Gasteiger partial charge on any atom is 0.343 e. The summed E-state index contributed by atoms with van der Waals surface area (Å²) in [6.07, 6.45) is 2.99. The predicted molar refractivity (Wildman–Crippen MR) is 126 cm³/mol. The van der Waals surface area contributed by atoms with Crippen LogP contribution in [0.1, 0.15) is 52.6 Å². The van der Waals surface area contributed by atoms with Crippen molar-refractivity contribution in [2.24, 2.45) is 0 Å². The van der Waals surface area contributed by atoms with Gasteiger partial charge in [-0.3, -0.25) is 4.79 Å². The number of hydrogen-bond acceptors (Lipinski definition) is 3. The van der Waals surface area contributed by atoms with Crippen molar-refractivity contribution in [3.8, 4) is 5.75 Å². The number of halogens is 2. The molecule has 0 saturated heterocycles. The van der Waals surface area contributed by atoms with Gasteiger partial charge in [0.1, 0.15) is 5.75 Å². The Morgan fingerprint density at radius 2 is 1.35 bits per heavy atom. The molecule has 0 bridgehead atoms. The van der Waals surface area contributed by atoms with Crippen molar-refractivity contribution in [2.75, 3.05) is 0 Å². The Balaban J connectivity index is 1.66. The molecule has 0 atom stereocenters. The molecule has 0 saturated carbocycles. The minimum Gasteiger partial charge on any atom is -0.423 e. The first kappa shape index (κ1) is 22.8. The molecule has 5 heteroatoms. The summed E-state index contributed by atoms with van der Waals surface area (Å²) >= 11 is 12.2. The second kappa shape index (κ2) is 9.51. The number of esters is 1. The molecule has 3 rings (SSSR count). The molecule has 0 heterocycles. The van der Waals surface area contributed by atoms with Crippen LogP contribution < -0.4 is 4.74 Å². The van der Waals surface area contributed by atoms with E-state index in [0.717, 1.165) is 5.56 Å². The van der Waals surface area contributed by atoms with E-state index in [1.54, 1.807) is 60.7 Å². The summed E-state index contributed by atoms with van der Waals surface area (Å²) in [5, 5.41) is 0.934. The Hall–Kier alpha value is -2.88. The highest BCUT2D eigenvalue weighted by molar-refractivity contribution is 6.37. The monoisotopic (exact) mass is 452 g/mol. The van der Waals surface area contributed by atoms with E-state index >= 15 is 0 Å². The van der Waals surface area contributed by atoms with E-state index in [1.807, 2.05) is 12.1 Å². The van der Waals surface area contributed by atoms with Crippen LogP contribution in [-0.2, 0) is 5.41 Å². The SMILES string of the molecule is CC(C)(C)c1ccc(C(=O)Oc2ccc(C(=O)/C=C/c3c(Cl)cccc3Cl)cc2)cc1. The van der Waals surface area contributed by atoms with Crippen LogP contribution in [0.3, 0.4) is 0 Å². The molecule has 158 valence electrons. The van der Waals surface area contributed by atoms with Gasteiger partial charge in [-0.05, 0) is 71.7 Å². The topological polar surface area (TPSA) is 43.4 Å². The van der Waals surface area contributed by atoms with Crippen molar-refractivity contribution >= 4 is 41.0 Å². The fourth-order valence-corrected chi connectivity index (χ4v) is 3.41. The van der Waals surface area contributed by atoms with Gasteiger partial charge in [0.2, 0.25) is 0 Å². The minimum atomic E-state index is -0.451. The predicted octanol–water partition coefficient (Wildman–Crippen LogP) is 7.41. The second-order valence-electron chi connectivity index (χ2n) is 8.07. The number of benzene rings is 3. The first-order chi connectivity index (χ1) is 14.6. The summed E-state index contributed by atoms with van der Waals surface area (Å²) in [7, 11) is 0. The number of allylic oxidation sites excluding steroid dienone is 1. The van der Waals surface area contributed by atoms with Gasteiger partial charge in [-0.15, -0.1) is 0 Å². The highest BCUT2D eigenvalue weighted by Gasteiger charge is 2.15. The van der Waals surface area contributed by atoms with Crippen molar-refractivity contribution < 1.29 is 14.3 Å². The lowest BCUT2D eigenvalue weighted by molar-refractivity contribution is 0.0734. The van der Waals surface area contributed by atoms with Crippen LogP contribution in [0.5, 0.6) is 5.75 Å². The Morgan fingerprint density at radius 3 is 1.90 bits per heavy atom. The lowest BCUT2D eigenvalue weighted by Crippen LogP contribution is -2.13. The quantitative estimate of drug-likeness (QED) is 0.175. The molecule has 0 amide bonds. The van der Waals surface area contributed by atoms with Gasteiger partial charge in [0.05, 0.1) is 5.56 Å². The van der Waals surface area contributed by atoms with Gasteiger partial charge in [0.25, 0.3) is 0 Å². The molecule has 0 radical (unpaired) electrons. The van der Waals surface area contributed by atoms with Crippen LogP contribution in [0.4, 0.5) is 0 Å². The summed E-state index contributed by atoms with van der Waals surface area (Å²) in [4.78, 5) is 24.8. The third-order valence-corrected chi connectivity index (χ3v) is 5.40. The van der Waals surface area contributed by atoms with Crippen molar-refractivity contribution in [3.63, 3.8) is 0 Å². The molecule has 3 aromatic carbocycles. The molecule has 31 heavy (non-hydrogen) atoms. The van der Waals surface area contributed by atoms with Crippen molar-refractivity contribution in [1.82, 2.24) is 0 Å². The van der Waals surface area contributed by atoms with E-state index in [9.17, 15) is 9.59 Å². The van der Waals surface area contributed by atoms with E-state index in [2.05, 4.69) is 20.8 Å². The molecule has 0 unspecified atom stereocenters. The summed E-state index contributed by atoms with van der Waals surface area (Å²) in [5.74, 6) is -0.306. The Kier molecular flexibility index (Phi) is 6.99. The maximum atomic E-state index is 12.4. The Labute approximate surface area is 192 Å². The largest absolute Gasteiger partial charge is 0.423 e. The standard InChI is InChI=1S/C26H22Cl2O3/c1-26(2,3)19-11-7-18(8-12-19)25(30)31-20-13-9-17(10-14-20)24(29)16-15-21-22(27)5-4-6-23(21)28/h4-16H,1-3H3/b16-15+. The smallest absolute Gasteiger partial charge is 0.343 e. The second-order valence-corrected chi connectivity index (χ2v) is 8.89. The number of ether oxygens (including phenoxy) is 1. The van der Waals surface area contributed by atoms with E-state index in [-0.39, 0.29) is 11.2 Å². The van der Waals surface area contributed by atoms with E-state index < -0.39 is 5.97 Å². The fourth-order valence-electron chi connectivity index (χ4n) is 2.88. The normalized spacial score (nSPS) is 11.5. The lowest BCUT2D eigenvalue weighted by atomic mass is 9.87. The third kappa shape index (κ3) is 5.84. The molecule has 0 aliphatic rings. The van der Waals surface area contributed by atoms with Crippen LogP contribution in [0.25, 0.3) is 6.08 Å². The van der Waals surface area contributed by atoms with Crippen molar-refractivity contribution in [1.29, 1.82) is 0 Å². The molecule has 0 spiro atoms. The summed E-state index contributed by atoms with van der Waals surface area (Å²) in [6, 6.07) is 18.9. The fraction of sp³-hybridized carbons (Fsp3) is 0.154. The van der Waals surface area contributed by atoms with Crippen LogP contribution in [0, 0.1) is 0 Å². The summed E-state index contributed by atoms with van der Waals surface area (Å²) < 4.78 is 5.42. The lowest BCUT2D eigenvalue weighted by Gasteiger charge is -2.18. The van der Waals surface area contributed by atoms with Crippen LogP contribution in [0.2, 0.25) is 10.0 Å². The van der Waals surface area contributed by atoms with Gasteiger partial charge >= 0.3 is 5.97 Å². The molecule has 0 aromatic heterocycles. The molecule has 0 fully saturated rings. The number of hydrogen-bond donors (Lipinski definition) is 0. The van der Waals surface area contributed by atoms with Gasteiger partial charge in [0.15, 0.2) is 5.78 Å². The zero-order valence-corrected chi connectivity index (χ0v) is 19.0. The van der Waals surface area contributed by atoms with Crippen LogP contribution >= 0.6 is 23.2 Å². The van der Waals surface area contributed by atoms with E-state index in [4.69, 9.17) is 27.9 Å². The highest BCUT2D eigenvalue weighted by Crippen LogP contribution is 2.26. The van der Waals surface area contributed by atoms with Crippen molar-refractivity contribution in [3.05, 3.63) is 105 Å². The Morgan fingerprint density at radius 1 is 0.806 bits per heavy atom. The zero-order chi connectivity index (χ0) is 22.6. The molecular formula is C26H22Cl2O3. The summed E-state index contributed by atoms with van der Waals surface area (Å²) in [6.45, 7) is 6.34. The molecule has 3 aromatic rings. The number of rotatable bonds is 5. The minimum absolute atomic E-state index is 0.0103. The van der Waals surface area contributed by atoms with Gasteiger partial charge in [-0.1, -0.05) is 62.2 Å². The first-order valence-electron chi connectivity index (χ1n) is 9.74. The molecular weight excluding hydrogens is 431 g/mol. The molecule has 0 aliphatic heterocycles. The van der Waals surface area contributed by atoms with Crippen LogP contribution in [0.15, 0.2) is 72.8 Å². The van der Waals surface area contributed by atoms with Gasteiger partial charge in [0, 0.05) is 21.2 Å². The van der Waals surface area contributed by atoms with Crippen molar-refractivity contribution in [2.45, 2.75) is 26.2 Å². The molecule has 0 aliphatic carbocycles. The average molecular weight is 453 g/mol. The third-order valence-electron chi connectivity index (χ3n) is 4.74. The highest BCUT2D eigenvalue weighted by atomic mass is 35.5. The molecule has 3 nitrogen and oxygen atoms in total. The van der Waals surface area contributed by atoms with Gasteiger partial charge < -0.3 is 4.74 Å². The van der Waals surface area contributed by atoms with E-state index in [1.165, 1.54) is 6.08 Å². The maximum absolute atomic E-state index is 12.4. The number of carbonyl (C=O) groups excluding carboxylic acids is 2. The first-order valence-corrected chi connectivity index (χ1v) is 10.5. The number of carbonyl (C=O) groups is 2. The summed E-state index contributed by atoms with van der Waals surface area (Å²) in [5.41, 5.74) is 2.65. The average Bonchev–Trinajstić information content (AvgIpc) is 2.73. The molecule has 0 N–H and O–H groups in total. The van der Waals surface area contributed by atoms with Gasteiger partial charge in [-0.25, -0.2) is 4.79 Å². The number of ketones is 1.